The number of methoxy groups -OCH3 is 1. The highest BCUT2D eigenvalue weighted by Crippen LogP contribution is 2.36. The van der Waals surface area contributed by atoms with E-state index in [0.717, 1.165) is 53.6 Å². The van der Waals surface area contributed by atoms with Gasteiger partial charge in [0.2, 0.25) is 0 Å². The van der Waals surface area contributed by atoms with E-state index in [1.165, 1.54) is 0 Å². The topological polar surface area (TPSA) is 86.2 Å². The predicted octanol–water partition coefficient (Wildman–Crippen LogP) is 3.04. The largest absolute Gasteiger partial charge is 0.388 e. The Labute approximate surface area is 147 Å². The molecule has 0 bridgehead atoms. The molecule has 1 aliphatic rings. The van der Waals surface area contributed by atoms with E-state index in [-0.39, 0.29) is 0 Å². The fraction of sp³-hybridized carbons (Fsp3) is 0.474. The van der Waals surface area contributed by atoms with Crippen molar-refractivity contribution >= 4 is 27.8 Å². The number of imidazole rings is 1. The van der Waals surface area contributed by atoms with Crippen molar-refractivity contribution in [3.8, 4) is 0 Å². The maximum Gasteiger partial charge on any atom is 0.152 e. The summed E-state index contributed by atoms with van der Waals surface area (Å²) in [6, 6.07) is 7.93. The van der Waals surface area contributed by atoms with Gasteiger partial charge >= 0.3 is 0 Å². The summed E-state index contributed by atoms with van der Waals surface area (Å²) in [5, 5.41) is 11.5. The number of nitrogens with two attached hydrogens (primary N) is 1. The van der Waals surface area contributed by atoms with Crippen molar-refractivity contribution in [2.45, 2.75) is 45.3 Å². The molecule has 0 aliphatic heterocycles. The maximum absolute atomic E-state index is 10.5. The Balaban J connectivity index is 0.000000415. The number of aromatic nitrogens is 3. The van der Waals surface area contributed by atoms with Gasteiger partial charge in [0.25, 0.3) is 0 Å². The molecule has 2 heterocycles. The van der Waals surface area contributed by atoms with Crippen molar-refractivity contribution in [2.75, 3.05) is 19.5 Å². The van der Waals surface area contributed by atoms with Crippen LogP contribution < -0.4 is 5.73 Å². The molecule has 3 aromatic rings. The van der Waals surface area contributed by atoms with Crippen LogP contribution in [0.1, 0.15) is 32.0 Å². The van der Waals surface area contributed by atoms with Crippen LogP contribution in [-0.4, -0.2) is 39.0 Å². The van der Waals surface area contributed by atoms with Gasteiger partial charge in [-0.05, 0) is 39.2 Å². The van der Waals surface area contributed by atoms with Crippen molar-refractivity contribution in [1.29, 1.82) is 0 Å². The molecular formula is C19H26N4O2. The molecule has 1 saturated carbocycles. The number of hydrogen-bond donors (Lipinski definition) is 2. The van der Waals surface area contributed by atoms with Crippen LogP contribution in [0.25, 0.3) is 21.9 Å². The van der Waals surface area contributed by atoms with Gasteiger partial charge in [-0.1, -0.05) is 18.2 Å². The molecule has 3 N–H and O–H groups in total. The summed E-state index contributed by atoms with van der Waals surface area (Å²) in [6.07, 6.45) is 2.79. The fourth-order valence-corrected chi connectivity index (χ4v) is 3.20. The summed E-state index contributed by atoms with van der Waals surface area (Å²) in [6.45, 7) is 5.30. The van der Waals surface area contributed by atoms with E-state index in [1.807, 2.05) is 38.1 Å². The molecule has 0 amide bonds. The summed E-state index contributed by atoms with van der Waals surface area (Å²) in [4.78, 5) is 9.00. The average Bonchev–Trinajstić information content (AvgIpc) is 2.91. The van der Waals surface area contributed by atoms with Crippen molar-refractivity contribution in [2.24, 2.45) is 0 Å². The number of hydrogen-bond acceptors (Lipinski definition) is 5. The van der Waals surface area contributed by atoms with Gasteiger partial charge in [0.15, 0.2) is 5.82 Å². The highest BCUT2D eigenvalue weighted by Gasteiger charge is 2.35. The smallest absolute Gasteiger partial charge is 0.152 e. The number of nitrogens with zero attached hydrogens (tertiary/aromatic N) is 3. The molecule has 0 unspecified atom stereocenters. The molecule has 25 heavy (non-hydrogen) atoms. The number of aliphatic hydroxyl groups is 1. The third-order valence-electron chi connectivity index (χ3n) is 4.83. The Kier molecular flexibility index (Phi) is 4.92. The zero-order valence-corrected chi connectivity index (χ0v) is 15.1. The number of nitrogen functional groups attached to an aromatic ring is 1. The first-order chi connectivity index (χ1) is 12.0. The van der Waals surface area contributed by atoms with E-state index in [2.05, 4.69) is 19.3 Å². The van der Waals surface area contributed by atoms with Crippen LogP contribution in [0, 0.1) is 6.92 Å². The predicted molar refractivity (Wildman–Crippen MR) is 101 cm³/mol. The molecule has 6 nitrogen and oxygen atoms in total. The van der Waals surface area contributed by atoms with Gasteiger partial charge in [0.1, 0.15) is 11.3 Å². The van der Waals surface area contributed by atoms with Crippen LogP contribution in [0.15, 0.2) is 24.3 Å². The van der Waals surface area contributed by atoms with Crippen molar-refractivity contribution < 1.29 is 9.84 Å². The van der Waals surface area contributed by atoms with E-state index in [9.17, 15) is 5.11 Å². The Hall–Kier alpha value is -2.18. The van der Waals surface area contributed by atoms with Crippen LogP contribution in [0.4, 0.5) is 5.82 Å². The lowest BCUT2D eigenvalue weighted by Crippen LogP contribution is -2.41. The monoisotopic (exact) mass is 342 g/mol. The molecule has 0 atom stereocenters. The maximum atomic E-state index is 10.5. The molecule has 134 valence electrons. The first kappa shape index (κ1) is 17.6. The summed E-state index contributed by atoms with van der Waals surface area (Å²) in [5.74, 6) is 1.32. The van der Waals surface area contributed by atoms with Gasteiger partial charge < -0.3 is 20.1 Å². The Morgan fingerprint density at radius 3 is 2.56 bits per heavy atom. The Morgan fingerprint density at radius 2 is 1.96 bits per heavy atom. The van der Waals surface area contributed by atoms with E-state index in [4.69, 9.17) is 5.73 Å². The van der Waals surface area contributed by atoms with Crippen molar-refractivity contribution in [1.82, 2.24) is 14.5 Å². The second-order valence-electron chi connectivity index (χ2n) is 6.61. The first-order valence-corrected chi connectivity index (χ1v) is 8.71. The van der Waals surface area contributed by atoms with Crippen LogP contribution in [0.3, 0.4) is 0 Å². The van der Waals surface area contributed by atoms with Crippen molar-refractivity contribution in [3.05, 3.63) is 30.1 Å². The molecule has 4 rings (SSSR count). The molecule has 1 fully saturated rings. The lowest BCUT2D eigenvalue weighted by Gasteiger charge is -2.37. The number of benzene rings is 1. The molecule has 0 spiro atoms. The van der Waals surface area contributed by atoms with Gasteiger partial charge in [-0.2, -0.15) is 0 Å². The number of ether oxygens (including phenoxy) is 1. The van der Waals surface area contributed by atoms with E-state index < -0.39 is 5.60 Å². The second-order valence-corrected chi connectivity index (χ2v) is 6.61. The first-order valence-electron chi connectivity index (χ1n) is 8.71. The molecule has 6 heteroatoms. The minimum Gasteiger partial charge on any atom is -0.388 e. The molecule has 2 aromatic heterocycles. The summed E-state index contributed by atoms with van der Waals surface area (Å²) in [5.41, 5.74) is 8.04. The third kappa shape index (κ3) is 3.32. The van der Waals surface area contributed by atoms with Gasteiger partial charge in [-0.15, -0.1) is 0 Å². The molecule has 1 aromatic carbocycles. The van der Waals surface area contributed by atoms with Crippen molar-refractivity contribution in [3.63, 3.8) is 0 Å². The summed E-state index contributed by atoms with van der Waals surface area (Å²) in [7, 11) is 1.68. The highest BCUT2D eigenvalue weighted by atomic mass is 16.5. The fourth-order valence-electron chi connectivity index (χ4n) is 3.20. The summed E-state index contributed by atoms with van der Waals surface area (Å²) < 4.78 is 6.63. The van der Waals surface area contributed by atoms with E-state index in [1.54, 1.807) is 7.11 Å². The number of pyridine rings is 1. The molecule has 0 radical (unpaired) electrons. The van der Waals surface area contributed by atoms with Gasteiger partial charge in [0, 0.05) is 19.1 Å². The SMILES string of the molecule is CCOC.Cc1nc2c(N)nc3ccccc3c2n1CC1(O)CCC1. The van der Waals surface area contributed by atoms with Crippen LogP contribution >= 0.6 is 0 Å². The number of aryl methyl sites for hydroxylation is 1. The number of rotatable bonds is 3. The number of para-hydroxylation sites is 1. The molecule has 1 aliphatic carbocycles. The standard InChI is InChI=1S/C16H18N4O.C3H8O/c1-10-18-13-14(20(10)9-16(21)7-4-8-16)11-5-2-3-6-12(11)19-15(13)17;1-3-4-2/h2-3,5-6,21H,4,7-9H2,1H3,(H2,17,19);3H2,1-2H3. The number of anilines is 1. The lowest BCUT2D eigenvalue weighted by molar-refractivity contribution is -0.0468. The minimum atomic E-state index is -0.600. The second kappa shape index (κ2) is 6.98. The lowest BCUT2D eigenvalue weighted by atomic mass is 9.80. The Morgan fingerprint density at radius 1 is 1.28 bits per heavy atom. The quantitative estimate of drug-likeness (QED) is 0.764. The van der Waals surface area contributed by atoms with Crippen LogP contribution in [-0.2, 0) is 11.3 Å². The van der Waals surface area contributed by atoms with Gasteiger partial charge in [-0.25, -0.2) is 9.97 Å². The number of fused-ring (bicyclic) bond motifs is 3. The normalized spacial score (nSPS) is 15.7. The highest BCUT2D eigenvalue weighted by molar-refractivity contribution is 6.06. The summed E-state index contributed by atoms with van der Waals surface area (Å²) >= 11 is 0. The third-order valence-corrected chi connectivity index (χ3v) is 4.83. The molecule has 0 saturated heterocycles. The van der Waals surface area contributed by atoms with E-state index in [0.29, 0.717) is 12.4 Å². The van der Waals surface area contributed by atoms with Gasteiger partial charge in [-0.3, -0.25) is 0 Å². The minimum absolute atomic E-state index is 0.450. The van der Waals surface area contributed by atoms with Crippen LogP contribution in [0.2, 0.25) is 0 Å². The average molecular weight is 342 g/mol. The van der Waals surface area contributed by atoms with E-state index >= 15 is 0 Å². The van der Waals surface area contributed by atoms with Gasteiger partial charge in [0.05, 0.1) is 23.2 Å². The molecular weight excluding hydrogens is 316 g/mol. The zero-order chi connectivity index (χ0) is 18.0. The Bertz CT molecular complexity index is 882. The van der Waals surface area contributed by atoms with Crippen LogP contribution in [0.5, 0.6) is 0 Å². The zero-order valence-electron chi connectivity index (χ0n) is 15.1.